The molecule has 1 unspecified atom stereocenters. The highest BCUT2D eigenvalue weighted by atomic mass is 19.1. The van der Waals surface area contributed by atoms with Gasteiger partial charge in [0.1, 0.15) is 11.9 Å². The number of amides is 3. The van der Waals surface area contributed by atoms with Gasteiger partial charge in [0, 0.05) is 25.2 Å². The van der Waals surface area contributed by atoms with E-state index >= 15 is 0 Å². The topological polar surface area (TPSA) is 78.5 Å². The zero-order chi connectivity index (χ0) is 24.0. The van der Waals surface area contributed by atoms with Crippen molar-refractivity contribution >= 4 is 17.7 Å². The fourth-order valence-corrected chi connectivity index (χ4v) is 3.99. The summed E-state index contributed by atoms with van der Waals surface area (Å²) in [7, 11) is 0. The van der Waals surface area contributed by atoms with Crippen LogP contribution in [0.2, 0.25) is 0 Å². The van der Waals surface area contributed by atoms with Gasteiger partial charge in [-0.1, -0.05) is 43.7 Å². The quantitative estimate of drug-likeness (QED) is 0.673. The zero-order valence-electron chi connectivity index (χ0n) is 19.4. The van der Waals surface area contributed by atoms with Gasteiger partial charge in [-0.15, -0.1) is 0 Å². The molecule has 1 fully saturated rings. The molecule has 3 rings (SSSR count). The normalized spacial score (nSPS) is 15.2. The van der Waals surface area contributed by atoms with Gasteiger partial charge in [-0.2, -0.15) is 0 Å². The van der Waals surface area contributed by atoms with Gasteiger partial charge in [0.15, 0.2) is 0 Å². The van der Waals surface area contributed by atoms with E-state index in [4.69, 9.17) is 0 Å². The lowest BCUT2D eigenvalue weighted by Crippen LogP contribution is -2.54. The van der Waals surface area contributed by atoms with Crippen molar-refractivity contribution in [2.75, 3.05) is 19.6 Å². The molecule has 0 radical (unpaired) electrons. The third-order valence-corrected chi connectivity index (χ3v) is 5.97. The molecule has 7 heteroatoms. The maximum atomic E-state index is 14.1. The Hall–Kier alpha value is -3.22. The summed E-state index contributed by atoms with van der Waals surface area (Å²) in [6.07, 6.45) is 1.13. The number of nitrogens with zero attached hydrogens (tertiary/aromatic N) is 1. The molecule has 0 aliphatic carbocycles. The van der Waals surface area contributed by atoms with Gasteiger partial charge in [-0.05, 0) is 55.9 Å². The first-order valence-electron chi connectivity index (χ1n) is 11.4. The second-order valence-corrected chi connectivity index (χ2v) is 9.07. The Morgan fingerprint density at radius 3 is 2.27 bits per heavy atom. The van der Waals surface area contributed by atoms with E-state index in [1.807, 2.05) is 45.0 Å². The number of hydrogen-bond donors (Lipinski definition) is 2. The molecule has 1 aliphatic heterocycles. The van der Waals surface area contributed by atoms with Crippen LogP contribution in [0.15, 0.2) is 48.5 Å². The Kier molecular flexibility index (Phi) is 8.20. The average Bonchev–Trinajstić information content (AvgIpc) is 2.81. The van der Waals surface area contributed by atoms with Crippen molar-refractivity contribution in [3.63, 3.8) is 0 Å². The number of nitrogens with one attached hydrogen (secondary N) is 2. The predicted octanol–water partition coefficient (Wildman–Crippen LogP) is 3.56. The van der Waals surface area contributed by atoms with Crippen LogP contribution < -0.4 is 10.6 Å². The van der Waals surface area contributed by atoms with E-state index in [0.717, 1.165) is 5.56 Å². The minimum Gasteiger partial charge on any atom is -0.354 e. The van der Waals surface area contributed by atoms with E-state index in [1.165, 1.54) is 18.2 Å². The molecule has 0 aromatic heterocycles. The summed E-state index contributed by atoms with van der Waals surface area (Å²) in [5.74, 6) is -1.46. The number of aryl methyl sites for hydroxylation is 1. The Morgan fingerprint density at radius 2 is 1.67 bits per heavy atom. The van der Waals surface area contributed by atoms with Gasteiger partial charge in [0.2, 0.25) is 5.91 Å². The summed E-state index contributed by atoms with van der Waals surface area (Å²) >= 11 is 0. The van der Waals surface area contributed by atoms with Crippen LogP contribution >= 0.6 is 0 Å². The standard InChI is InChI=1S/C26H32FN3O3/c1-17(2)16-28-25(32)23(29-24(31)21-6-4-5-7-22(21)27)19-12-14-30(15-13-19)26(33)20-10-8-18(3)9-11-20/h4-11,17,19,23H,12-16H2,1-3H3,(H,28,32)(H,29,31). The maximum Gasteiger partial charge on any atom is 0.254 e. The summed E-state index contributed by atoms with van der Waals surface area (Å²) in [5.41, 5.74) is 1.63. The maximum absolute atomic E-state index is 14.1. The minimum absolute atomic E-state index is 0.0374. The molecule has 1 aliphatic rings. The minimum atomic E-state index is -0.799. The third kappa shape index (κ3) is 6.40. The van der Waals surface area contributed by atoms with E-state index in [9.17, 15) is 18.8 Å². The fourth-order valence-electron chi connectivity index (χ4n) is 3.99. The second kappa shape index (κ2) is 11.1. The van der Waals surface area contributed by atoms with Crippen LogP contribution in [0.4, 0.5) is 4.39 Å². The second-order valence-electron chi connectivity index (χ2n) is 9.07. The molecule has 2 N–H and O–H groups in total. The fraction of sp³-hybridized carbons (Fsp3) is 0.423. The number of halogens is 1. The van der Waals surface area contributed by atoms with Crippen LogP contribution in [-0.4, -0.2) is 48.3 Å². The van der Waals surface area contributed by atoms with Crippen LogP contribution in [0, 0.1) is 24.6 Å². The van der Waals surface area contributed by atoms with Gasteiger partial charge < -0.3 is 15.5 Å². The summed E-state index contributed by atoms with van der Waals surface area (Å²) in [5, 5.41) is 5.64. The average molecular weight is 454 g/mol. The van der Waals surface area contributed by atoms with Crippen LogP contribution in [0.3, 0.4) is 0 Å². The lowest BCUT2D eigenvalue weighted by Gasteiger charge is -2.36. The highest BCUT2D eigenvalue weighted by Crippen LogP contribution is 2.23. The molecular formula is C26H32FN3O3. The number of hydrogen-bond acceptors (Lipinski definition) is 3. The third-order valence-electron chi connectivity index (χ3n) is 5.97. The summed E-state index contributed by atoms with van der Waals surface area (Å²) in [6, 6.07) is 12.4. The lowest BCUT2D eigenvalue weighted by atomic mass is 9.88. The number of piperidine rings is 1. The molecule has 176 valence electrons. The highest BCUT2D eigenvalue weighted by molar-refractivity contribution is 5.98. The number of carbonyl (C=O) groups is 3. The lowest BCUT2D eigenvalue weighted by molar-refractivity contribution is -0.124. The number of benzene rings is 2. The molecule has 33 heavy (non-hydrogen) atoms. The smallest absolute Gasteiger partial charge is 0.254 e. The number of carbonyl (C=O) groups excluding carboxylic acids is 3. The van der Waals surface area contributed by atoms with Crippen molar-refractivity contribution in [2.45, 2.75) is 39.7 Å². The molecule has 2 aromatic carbocycles. The SMILES string of the molecule is Cc1ccc(C(=O)N2CCC(C(NC(=O)c3ccccc3F)C(=O)NCC(C)C)CC2)cc1. The van der Waals surface area contributed by atoms with Gasteiger partial charge in [-0.25, -0.2) is 4.39 Å². The molecule has 6 nitrogen and oxygen atoms in total. The molecule has 0 bridgehead atoms. The Labute approximate surface area is 194 Å². The van der Waals surface area contributed by atoms with Crippen molar-refractivity contribution in [1.82, 2.24) is 15.5 Å². The number of likely N-dealkylation sites (tertiary alicyclic amines) is 1. The summed E-state index contributed by atoms with van der Waals surface area (Å²) < 4.78 is 14.1. The van der Waals surface area contributed by atoms with E-state index in [0.29, 0.717) is 38.0 Å². The monoisotopic (exact) mass is 453 g/mol. The zero-order valence-corrected chi connectivity index (χ0v) is 19.4. The molecule has 1 saturated heterocycles. The van der Waals surface area contributed by atoms with E-state index in [2.05, 4.69) is 10.6 Å². The largest absolute Gasteiger partial charge is 0.354 e. The van der Waals surface area contributed by atoms with Crippen LogP contribution in [0.1, 0.15) is 53.0 Å². The van der Waals surface area contributed by atoms with Crippen LogP contribution in [0.5, 0.6) is 0 Å². The first kappa shape index (κ1) is 24.4. The van der Waals surface area contributed by atoms with Crippen LogP contribution in [0.25, 0.3) is 0 Å². The van der Waals surface area contributed by atoms with Crippen molar-refractivity contribution in [2.24, 2.45) is 11.8 Å². The molecular weight excluding hydrogens is 421 g/mol. The molecule has 2 aromatic rings. The van der Waals surface area contributed by atoms with Gasteiger partial charge in [-0.3, -0.25) is 14.4 Å². The Balaban J connectivity index is 1.69. The summed E-state index contributed by atoms with van der Waals surface area (Å²) in [4.78, 5) is 40.3. The predicted molar refractivity (Wildman–Crippen MR) is 125 cm³/mol. The molecule has 3 amide bonds. The highest BCUT2D eigenvalue weighted by Gasteiger charge is 2.34. The first-order chi connectivity index (χ1) is 15.8. The van der Waals surface area contributed by atoms with E-state index in [1.54, 1.807) is 11.0 Å². The van der Waals surface area contributed by atoms with Crippen molar-refractivity contribution in [3.8, 4) is 0 Å². The number of rotatable bonds is 7. The van der Waals surface area contributed by atoms with Gasteiger partial charge in [0.05, 0.1) is 5.56 Å². The van der Waals surface area contributed by atoms with Gasteiger partial charge >= 0.3 is 0 Å². The molecule has 1 atom stereocenters. The molecule has 0 saturated carbocycles. The van der Waals surface area contributed by atoms with Gasteiger partial charge in [0.25, 0.3) is 11.8 Å². The molecule has 1 heterocycles. The van der Waals surface area contributed by atoms with Crippen molar-refractivity contribution < 1.29 is 18.8 Å². The summed E-state index contributed by atoms with van der Waals surface area (Å²) in [6.45, 7) is 7.40. The Bertz CT molecular complexity index is 983. The first-order valence-corrected chi connectivity index (χ1v) is 11.4. The van der Waals surface area contributed by atoms with E-state index < -0.39 is 17.8 Å². The van der Waals surface area contributed by atoms with Crippen molar-refractivity contribution in [3.05, 3.63) is 71.0 Å². The Morgan fingerprint density at radius 1 is 1.03 bits per heavy atom. The van der Waals surface area contributed by atoms with E-state index in [-0.39, 0.29) is 29.2 Å². The molecule has 0 spiro atoms. The van der Waals surface area contributed by atoms with Crippen LogP contribution in [-0.2, 0) is 4.79 Å². The van der Waals surface area contributed by atoms with Crippen molar-refractivity contribution in [1.29, 1.82) is 0 Å².